The van der Waals surface area contributed by atoms with E-state index in [1.165, 1.54) is 0 Å². The van der Waals surface area contributed by atoms with Gasteiger partial charge in [-0.15, -0.1) is 0 Å². The van der Waals surface area contributed by atoms with Gasteiger partial charge in [-0.3, -0.25) is 13.8 Å². The molecule has 2 aromatic rings. The van der Waals surface area contributed by atoms with Crippen molar-refractivity contribution >= 4 is 22.5 Å². The average molecular weight is 488 g/mol. The molecule has 7 nitrogen and oxygen atoms in total. The number of rotatable bonds is 13. The monoisotopic (exact) mass is 487 g/mol. The van der Waals surface area contributed by atoms with Crippen molar-refractivity contribution in [1.82, 2.24) is 5.32 Å². The summed E-state index contributed by atoms with van der Waals surface area (Å²) in [5.74, 6) is -0.608. The van der Waals surface area contributed by atoms with Crippen LogP contribution in [-0.4, -0.2) is 51.6 Å². The van der Waals surface area contributed by atoms with Crippen LogP contribution in [0.2, 0.25) is 0 Å². The smallest absolute Gasteiger partial charge is 0.223 e. The zero-order valence-corrected chi connectivity index (χ0v) is 21.1. The van der Waals surface area contributed by atoms with Crippen molar-refractivity contribution in [2.45, 2.75) is 51.6 Å². The summed E-state index contributed by atoms with van der Waals surface area (Å²) in [6, 6.07) is 12.0. The predicted molar refractivity (Wildman–Crippen MR) is 137 cm³/mol. The van der Waals surface area contributed by atoms with Gasteiger partial charge in [0.15, 0.2) is 5.78 Å². The van der Waals surface area contributed by atoms with E-state index in [0.29, 0.717) is 25.0 Å². The minimum Gasteiger partial charge on any atom is -0.508 e. The number of amides is 1. The maximum atomic E-state index is 12.9. The van der Waals surface area contributed by atoms with Crippen LogP contribution in [0.25, 0.3) is 0 Å². The molecular formula is C26H37N3O4S. The SMILES string of the molecule is Cc1cc(O)cc(C)c1C[C@H](N)C(=O)C[C@H](CCS(C)=O)C(=O)NC[C@@H](N)Cc1ccccc1. The van der Waals surface area contributed by atoms with Crippen molar-refractivity contribution in [3.8, 4) is 5.75 Å². The Hall–Kier alpha value is -2.55. The lowest BCUT2D eigenvalue weighted by Gasteiger charge is -2.20. The molecule has 0 spiro atoms. The van der Waals surface area contributed by atoms with E-state index >= 15 is 0 Å². The van der Waals surface area contributed by atoms with Gasteiger partial charge in [0.05, 0.1) is 6.04 Å². The number of phenolic OH excluding ortho intramolecular Hbond substituents is 1. The van der Waals surface area contributed by atoms with E-state index in [2.05, 4.69) is 5.32 Å². The third kappa shape index (κ3) is 9.00. The largest absolute Gasteiger partial charge is 0.508 e. The van der Waals surface area contributed by atoms with E-state index in [1.54, 1.807) is 18.4 Å². The molecule has 2 rings (SSSR count). The third-order valence-corrected chi connectivity index (χ3v) is 6.78. The summed E-state index contributed by atoms with van der Waals surface area (Å²) < 4.78 is 11.6. The van der Waals surface area contributed by atoms with Crippen molar-refractivity contribution in [2.75, 3.05) is 18.6 Å². The maximum Gasteiger partial charge on any atom is 0.223 e. The average Bonchev–Trinajstić information content (AvgIpc) is 2.77. The summed E-state index contributed by atoms with van der Waals surface area (Å²) >= 11 is 0. The molecule has 0 aliphatic rings. The van der Waals surface area contributed by atoms with Gasteiger partial charge >= 0.3 is 0 Å². The number of carbonyl (C=O) groups excluding carboxylic acids is 2. The molecule has 0 aromatic heterocycles. The molecule has 0 heterocycles. The number of hydrogen-bond acceptors (Lipinski definition) is 6. The molecule has 2 aromatic carbocycles. The molecule has 1 unspecified atom stereocenters. The van der Waals surface area contributed by atoms with Crippen molar-refractivity contribution < 1.29 is 18.9 Å². The number of phenols is 1. The fourth-order valence-corrected chi connectivity index (χ4v) is 4.64. The summed E-state index contributed by atoms with van der Waals surface area (Å²) in [5.41, 5.74) is 16.1. The Morgan fingerprint density at radius 2 is 1.68 bits per heavy atom. The minimum atomic E-state index is -1.08. The molecule has 0 aliphatic heterocycles. The Labute approximate surface area is 204 Å². The number of nitrogens with one attached hydrogen (secondary N) is 1. The van der Waals surface area contributed by atoms with E-state index in [0.717, 1.165) is 22.3 Å². The second-order valence-corrected chi connectivity index (χ2v) is 10.6. The van der Waals surface area contributed by atoms with Gasteiger partial charge in [-0.05, 0) is 67.5 Å². The van der Waals surface area contributed by atoms with Crippen molar-refractivity contribution in [2.24, 2.45) is 17.4 Å². The number of aryl methyl sites for hydroxylation is 2. The topological polar surface area (TPSA) is 136 Å². The van der Waals surface area contributed by atoms with E-state index < -0.39 is 22.8 Å². The Morgan fingerprint density at radius 3 is 2.26 bits per heavy atom. The zero-order valence-electron chi connectivity index (χ0n) is 20.3. The predicted octanol–water partition coefficient (Wildman–Crippen LogP) is 1.91. The lowest BCUT2D eigenvalue weighted by molar-refractivity contribution is -0.130. The maximum absolute atomic E-state index is 12.9. The van der Waals surface area contributed by atoms with Crippen LogP contribution in [0.15, 0.2) is 42.5 Å². The molecule has 0 bridgehead atoms. The lowest BCUT2D eigenvalue weighted by Crippen LogP contribution is -2.43. The van der Waals surface area contributed by atoms with Crippen LogP contribution in [0, 0.1) is 19.8 Å². The van der Waals surface area contributed by atoms with Crippen molar-refractivity contribution in [3.63, 3.8) is 0 Å². The number of carbonyl (C=O) groups is 2. The Kier molecular flexibility index (Phi) is 10.9. The van der Waals surface area contributed by atoms with Gasteiger partial charge < -0.3 is 21.9 Å². The third-order valence-electron chi connectivity index (χ3n) is 5.97. The molecule has 0 radical (unpaired) electrons. The van der Waals surface area contributed by atoms with Gasteiger partial charge in [0.25, 0.3) is 0 Å². The molecule has 186 valence electrons. The van der Waals surface area contributed by atoms with E-state index in [9.17, 15) is 18.9 Å². The second-order valence-electron chi connectivity index (χ2n) is 9.00. The highest BCUT2D eigenvalue weighted by Crippen LogP contribution is 2.22. The van der Waals surface area contributed by atoms with Crippen LogP contribution in [-0.2, 0) is 33.2 Å². The summed E-state index contributed by atoms with van der Waals surface area (Å²) in [6.07, 6.45) is 2.84. The lowest BCUT2D eigenvalue weighted by atomic mass is 9.90. The number of ketones is 1. The molecule has 4 atom stereocenters. The van der Waals surface area contributed by atoms with Crippen molar-refractivity contribution in [3.05, 3.63) is 64.7 Å². The fourth-order valence-electron chi connectivity index (χ4n) is 4.02. The van der Waals surface area contributed by atoms with Crippen LogP contribution in [0.3, 0.4) is 0 Å². The zero-order chi connectivity index (χ0) is 25.3. The summed E-state index contributed by atoms with van der Waals surface area (Å²) in [6.45, 7) is 4.01. The van der Waals surface area contributed by atoms with Gasteiger partial charge in [-0.1, -0.05) is 30.3 Å². The van der Waals surface area contributed by atoms with Gasteiger partial charge in [0, 0.05) is 47.7 Å². The fraction of sp³-hybridized carbons (Fsp3) is 0.462. The first-order chi connectivity index (χ1) is 16.1. The summed E-state index contributed by atoms with van der Waals surface area (Å²) in [4.78, 5) is 25.8. The first kappa shape index (κ1) is 27.7. The van der Waals surface area contributed by atoms with Crippen LogP contribution in [0.4, 0.5) is 0 Å². The van der Waals surface area contributed by atoms with E-state index in [4.69, 9.17) is 11.5 Å². The number of benzene rings is 2. The number of aromatic hydroxyl groups is 1. The normalized spacial score (nSPS) is 14.7. The summed E-state index contributed by atoms with van der Waals surface area (Å²) in [5, 5.41) is 12.6. The van der Waals surface area contributed by atoms with Gasteiger partial charge in [0.2, 0.25) is 5.91 Å². The molecule has 6 N–H and O–H groups in total. The highest BCUT2D eigenvalue weighted by Gasteiger charge is 2.26. The number of hydrogen-bond donors (Lipinski definition) is 4. The Bertz CT molecular complexity index is 974. The molecule has 0 saturated carbocycles. The van der Waals surface area contributed by atoms with Crippen LogP contribution >= 0.6 is 0 Å². The molecule has 34 heavy (non-hydrogen) atoms. The number of nitrogens with two attached hydrogens (primary N) is 2. The molecule has 8 heteroatoms. The quantitative estimate of drug-likeness (QED) is 0.341. The minimum absolute atomic E-state index is 0.0195. The second kappa shape index (κ2) is 13.4. The van der Waals surface area contributed by atoms with Crippen LogP contribution in [0.1, 0.15) is 35.1 Å². The van der Waals surface area contributed by atoms with E-state index in [1.807, 2.05) is 44.2 Å². The van der Waals surface area contributed by atoms with Gasteiger partial charge in [0.1, 0.15) is 5.75 Å². The van der Waals surface area contributed by atoms with Gasteiger partial charge in [-0.25, -0.2) is 0 Å². The first-order valence-corrected chi connectivity index (χ1v) is 13.2. The highest BCUT2D eigenvalue weighted by atomic mass is 32.2. The van der Waals surface area contributed by atoms with E-state index in [-0.39, 0.29) is 36.4 Å². The first-order valence-electron chi connectivity index (χ1n) is 11.5. The van der Waals surface area contributed by atoms with Gasteiger partial charge in [-0.2, -0.15) is 0 Å². The Balaban J connectivity index is 1.98. The van der Waals surface area contributed by atoms with Crippen LogP contribution in [0.5, 0.6) is 5.75 Å². The number of Topliss-reactive ketones (excluding diaryl/α,β-unsaturated/α-hetero) is 1. The molecular weight excluding hydrogens is 450 g/mol. The van der Waals surface area contributed by atoms with Crippen LogP contribution < -0.4 is 16.8 Å². The standard InChI is InChI=1S/C26H37N3O4S/c1-17-11-22(30)12-18(2)23(17)15-24(28)25(31)14-20(9-10-34(3)33)26(32)29-16-21(27)13-19-7-5-4-6-8-19/h4-8,11-12,20-21,24,30H,9-10,13-16,27-28H2,1-3H3,(H,29,32)/t20-,21-,24-,34?/m0/s1. The summed E-state index contributed by atoms with van der Waals surface area (Å²) in [7, 11) is -1.08. The Morgan fingerprint density at radius 1 is 1.06 bits per heavy atom. The molecule has 0 fully saturated rings. The molecule has 1 amide bonds. The molecule has 0 aliphatic carbocycles. The molecule has 0 saturated heterocycles. The highest BCUT2D eigenvalue weighted by molar-refractivity contribution is 7.84. The van der Waals surface area contributed by atoms with Crippen molar-refractivity contribution in [1.29, 1.82) is 0 Å².